The molecule has 1 N–H and O–H groups in total. The molecule has 4 nitrogen and oxygen atoms in total. The van der Waals surface area contributed by atoms with Gasteiger partial charge in [-0.15, -0.1) is 0 Å². The standard InChI is InChI=1S/C19H29NO3/c1-13(2)17-8-7-14(3)10-18(17)23-12-19(22)20-9-5-6-16(11-20)15(4)21/h7-8,10,13,15-16,21H,5-6,9,11-12H2,1-4H3. The number of benzene rings is 1. The number of aliphatic hydroxyl groups excluding tert-OH is 1. The monoisotopic (exact) mass is 319 g/mol. The fourth-order valence-electron chi connectivity index (χ4n) is 3.10. The average molecular weight is 319 g/mol. The van der Waals surface area contributed by atoms with Crippen molar-refractivity contribution in [2.45, 2.75) is 52.6 Å². The number of aliphatic hydroxyl groups is 1. The summed E-state index contributed by atoms with van der Waals surface area (Å²) in [6, 6.07) is 6.14. The zero-order valence-electron chi connectivity index (χ0n) is 14.7. The van der Waals surface area contributed by atoms with E-state index in [-0.39, 0.29) is 24.5 Å². The van der Waals surface area contributed by atoms with E-state index < -0.39 is 0 Å². The van der Waals surface area contributed by atoms with Crippen LogP contribution in [0.2, 0.25) is 0 Å². The summed E-state index contributed by atoms with van der Waals surface area (Å²) in [5, 5.41) is 9.74. The molecular weight excluding hydrogens is 290 g/mol. The maximum Gasteiger partial charge on any atom is 0.260 e. The van der Waals surface area contributed by atoms with Crippen LogP contribution in [0.5, 0.6) is 5.75 Å². The van der Waals surface area contributed by atoms with Crippen molar-refractivity contribution >= 4 is 5.91 Å². The van der Waals surface area contributed by atoms with Crippen LogP contribution < -0.4 is 4.74 Å². The van der Waals surface area contributed by atoms with E-state index >= 15 is 0 Å². The van der Waals surface area contributed by atoms with E-state index in [0.29, 0.717) is 12.5 Å². The Labute approximate surface area is 139 Å². The highest BCUT2D eigenvalue weighted by molar-refractivity contribution is 5.78. The van der Waals surface area contributed by atoms with E-state index in [1.165, 1.54) is 0 Å². The first kappa shape index (κ1) is 17.8. The van der Waals surface area contributed by atoms with Crippen molar-refractivity contribution in [1.82, 2.24) is 4.90 Å². The van der Waals surface area contributed by atoms with Crippen LogP contribution in [0.4, 0.5) is 0 Å². The first-order valence-electron chi connectivity index (χ1n) is 8.57. The molecule has 2 rings (SSSR count). The third kappa shape index (κ3) is 4.71. The molecule has 0 aliphatic carbocycles. The molecule has 1 heterocycles. The largest absolute Gasteiger partial charge is 0.483 e. The van der Waals surface area contributed by atoms with Gasteiger partial charge in [0, 0.05) is 19.0 Å². The Bertz CT molecular complexity index is 539. The molecule has 1 aromatic rings. The number of hydrogen-bond donors (Lipinski definition) is 1. The number of likely N-dealkylation sites (tertiary alicyclic amines) is 1. The van der Waals surface area contributed by atoms with Crippen LogP contribution in [0.1, 0.15) is 50.7 Å². The third-order valence-corrected chi connectivity index (χ3v) is 4.63. The Hall–Kier alpha value is -1.55. The number of rotatable bonds is 5. The quantitative estimate of drug-likeness (QED) is 0.907. The van der Waals surface area contributed by atoms with Gasteiger partial charge >= 0.3 is 0 Å². The van der Waals surface area contributed by atoms with E-state index in [1.807, 2.05) is 17.9 Å². The van der Waals surface area contributed by atoms with Crippen molar-refractivity contribution in [2.75, 3.05) is 19.7 Å². The van der Waals surface area contributed by atoms with Gasteiger partial charge in [0.25, 0.3) is 5.91 Å². The van der Waals surface area contributed by atoms with Gasteiger partial charge in [-0.1, -0.05) is 26.0 Å². The van der Waals surface area contributed by atoms with Crippen molar-refractivity contribution < 1.29 is 14.6 Å². The van der Waals surface area contributed by atoms with Crippen molar-refractivity contribution in [3.63, 3.8) is 0 Å². The molecule has 4 heteroatoms. The molecule has 1 aromatic carbocycles. The zero-order valence-corrected chi connectivity index (χ0v) is 14.7. The predicted octanol–water partition coefficient (Wildman–Crippen LogP) is 3.12. The lowest BCUT2D eigenvalue weighted by Crippen LogP contribution is -2.44. The summed E-state index contributed by atoms with van der Waals surface area (Å²) >= 11 is 0. The molecule has 0 radical (unpaired) electrons. The highest BCUT2D eigenvalue weighted by atomic mass is 16.5. The number of nitrogens with zero attached hydrogens (tertiary/aromatic N) is 1. The van der Waals surface area contributed by atoms with E-state index in [1.54, 1.807) is 6.92 Å². The summed E-state index contributed by atoms with van der Waals surface area (Å²) in [6.45, 7) is 9.53. The minimum absolute atomic E-state index is 0.00608. The fourth-order valence-corrected chi connectivity index (χ4v) is 3.10. The highest BCUT2D eigenvalue weighted by Gasteiger charge is 2.26. The number of amides is 1. The van der Waals surface area contributed by atoms with Crippen LogP contribution in [-0.2, 0) is 4.79 Å². The Morgan fingerprint density at radius 1 is 1.39 bits per heavy atom. The smallest absolute Gasteiger partial charge is 0.260 e. The number of aryl methyl sites for hydroxylation is 1. The predicted molar refractivity (Wildman–Crippen MR) is 91.7 cm³/mol. The molecule has 1 saturated heterocycles. The van der Waals surface area contributed by atoms with Gasteiger partial charge in [0.05, 0.1) is 6.10 Å². The molecular formula is C19H29NO3. The molecule has 1 aliphatic heterocycles. The fraction of sp³-hybridized carbons (Fsp3) is 0.632. The second-order valence-corrected chi connectivity index (χ2v) is 6.97. The molecule has 0 aromatic heterocycles. The lowest BCUT2D eigenvalue weighted by molar-refractivity contribution is -0.136. The summed E-state index contributed by atoms with van der Waals surface area (Å²) < 4.78 is 5.84. The minimum atomic E-state index is -0.365. The van der Waals surface area contributed by atoms with Crippen LogP contribution in [0, 0.1) is 12.8 Å². The zero-order chi connectivity index (χ0) is 17.0. The van der Waals surface area contributed by atoms with Crippen molar-refractivity contribution in [2.24, 2.45) is 5.92 Å². The SMILES string of the molecule is Cc1ccc(C(C)C)c(OCC(=O)N2CCCC(C(C)O)C2)c1. The number of hydrogen-bond acceptors (Lipinski definition) is 3. The van der Waals surface area contributed by atoms with Crippen LogP contribution in [0.15, 0.2) is 18.2 Å². The summed E-state index contributed by atoms with van der Waals surface area (Å²) in [6.07, 6.45) is 1.57. The van der Waals surface area contributed by atoms with Crippen LogP contribution >= 0.6 is 0 Å². The first-order valence-corrected chi connectivity index (χ1v) is 8.57. The molecule has 0 bridgehead atoms. The van der Waals surface area contributed by atoms with Crippen LogP contribution in [0.25, 0.3) is 0 Å². The average Bonchev–Trinajstić information content (AvgIpc) is 2.52. The van der Waals surface area contributed by atoms with Crippen LogP contribution in [0.3, 0.4) is 0 Å². The van der Waals surface area contributed by atoms with Gasteiger partial charge in [-0.25, -0.2) is 0 Å². The van der Waals surface area contributed by atoms with E-state index in [9.17, 15) is 9.90 Å². The Morgan fingerprint density at radius 2 is 2.13 bits per heavy atom. The lowest BCUT2D eigenvalue weighted by Gasteiger charge is -2.34. The van der Waals surface area contributed by atoms with Gasteiger partial charge in [-0.2, -0.15) is 0 Å². The maximum absolute atomic E-state index is 12.4. The van der Waals surface area contributed by atoms with Crippen molar-refractivity contribution in [3.8, 4) is 5.75 Å². The third-order valence-electron chi connectivity index (χ3n) is 4.63. The highest BCUT2D eigenvalue weighted by Crippen LogP contribution is 2.27. The molecule has 23 heavy (non-hydrogen) atoms. The number of carbonyl (C=O) groups excluding carboxylic acids is 1. The molecule has 0 saturated carbocycles. The second kappa shape index (κ2) is 7.82. The van der Waals surface area contributed by atoms with E-state index in [0.717, 1.165) is 36.3 Å². The van der Waals surface area contributed by atoms with E-state index in [4.69, 9.17) is 4.74 Å². The number of ether oxygens (including phenoxy) is 1. The van der Waals surface area contributed by atoms with Gasteiger partial charge in [0.1, 0.15) is 5.75 Å². The van der Waals surface area contributed by atoms with Gasteiger partial charge in [-0.05, 0) is 49.8 Å². The second-order valence-electron chi connectivity index (χ2n) is 6.97. The summed E-state index contributed by atoms with van der Waals surface area (Å²) in [7, 11) is 0. The van der Waals surface area contributed by atoms with Crippen molar-refractivity contribution in [3.05, 3.63) is 29.3 Å². The Morgan fingerprint density at radius 3 is 2.78 bits per heavy atom. The number of piperidine rings is 1. The Balaban J connectivity index is 1.98. The Kier molecular flexibility index (Phi) is 6.05. The lowest BCUT2D eigenvalue weighted by atomic mass is 9.93. The van der Waals surface area contributed by atoms with E-state index in [2.05, 4.69) is 26.0 Å². The molecule has 0 spiro atoms. The summed E-state index contributed by atoms with van der Waals surface area (Å²) in [5.74, 6) is 1.34. The normalized spacial score (nSPS) is 19.7. The van der Waals surface area contributed by atoms with Crippen molar-refractivity contribution in [1.29, 1.82) is 0 Å². The van der Waals surface area contributed by atoms with Crippen LogP contribution in [-0.4, -0.2) is 41.7 Å². The van der Waals surface area contributed by atoms with Gasteiger partial charge in [0.2, 0.25) is 0 Å². The van der Waals surface area contributed by atoms with Gasteiger partial charge in [-0.3, -0.25) is 4.79 Å². The molecule has 128 valence electrons. The topological polar surface area (TPSA) is 49.8 Å². The minimum Gasteiger partial charge on any atom is -0.483 e. The first-order chi connectivity index (χ1) is 10.9. The molecule has 1 amide bonds. The molecule has 2 atom stereocenters. The summed E-state index contributed by atoms with van der Waals surface area (Å²) in [4.78, 5) is 14.3. The van der Waals surface area contributed by atoms with Gasteiger partial charge < -0.3 is 14.7 Å². The maximum atomic E-state index is 12.4. The van der Waals surface area contributed by atoms with Gasteiger partial charge in [0.15, 0.2) is 6.61 Å². The molecule has 1 fully saturated rings. The molecule has 1 aliphatic rings. The number of carbonyl (C=O) groups is 1. The summed E-state index contributed by atoms with van der Waals surface area (Å²) in [5.41, 5.74) is 2.26. The molecule has 2 unspecified atom stereocenters.